The van der Waals surface area contributed by atoms with Crippen LogP contribution < -0.4 is 10.9 Å². The van der Waals surface area contributed by atoms with Gasteiger partial charge in [0.25, 0.3) is 11.6 Å². The number of rotatable bonds is 6. The third-order valence-electron chi connectivity index (χ3n) is 4.33. The average molecular weight is 393 g/mol. The van der Waals surface area contributed by atoms with E-state index in [-0.39, 0.29) is 22.0 Å². The molecule has 1 fully saturated rings. The van der Waals surface area contributed by atoms with Crippen LogP contribution >= 0.6 is 0 Å². The Labute approximate surface area is 155 Å². The molecule has 0 radical (unpaired) electrons. The number of nitrogens with zero attached hydrogens (tertiary/aromatic N) is 3. The highest BCUT2D eigenvalue weighted by atomic mass is 32.2. The molecule has 1 aliphatic heterocycles. The van der Waals surface area contributed by atoms with Gasteiger partial charge in [0, 0.05) is 32.4 Å². The maximum Gasteiger partial charge on any atom is 0.294 e. The van der Waals surface area contributed by atoms with E-state index in [1.807, 2.05) is 0 Å². The molecule has 144 valence electrons. The van der Waals surface area contributed by atoms with E-state index in [9.17, 15) is 23.3 Å². The van der Waals surface area contributed by atoms with E-state index in [1.165, 1.54) is 39.3 Å². The minimum atomic E-state index is -3.64. The zero-order valence-corrected chi connectivity index (χ0v) is 15.4. The average Bonchev–Trinajstić information content (AvgIpc) is 3.30. The molecule has 1 aliphatic rings. The van der Waals surface area contributed by atoms with Gasteiger partial charge in [0.15, 0.2) is 0 Å². The van der Waals surface area contributed by atoms with Crippen molar-refractivity contribution in [2.24, 2.45) is 7.05 Å². The number of nitrogens with one attached hydrogen (secondary N) is 2. The van der Waals surface area contributed by atoms with Gasteiger partial charge in [-0.15, -0.1) is 0 Å². The van der Waals surface area contributed by atoms with Crippen molar-refractivity contribution >= 4 is 27.3 Å². The second kappa shape index (κ2) is 7.37. The Morgan fingerprint density at radius 2 is 1.89 bits per heavy atom. The standard InChI is InChI=1S/C16H19N5O5S/c1-19-11-12(27(25,26)20-8-4-5-9-20)10-15(19)16(22)18-17-13-6-2-3-7-14(13)21(23)24/h2-3,6-7,10-11,17H,4-5,8-9H2,1H3,(H,18,22). The molecule has 1 aromatic carbocycles. The number of amides is 1. The van der Waals surface area contributed by atoms with Crippen molar-refractivity contribution in [2.45, 2.75) is 17.7 Å². The molecule has 3 rings (SSSR count). The maximum absolute atomic E-state index is 12.6. The van der Waals surface area contributed by atoms with Gasteiger partial charge in [0.05, 0.1) is 4.92 Å². The summed E-state index contributed by atoms with van der Waals surface area (Å²) in [6.07, 6.45) is 3.02. The summed E-state index contributed by atoms with van der Waals surface area (Å²) in [7, 11) is -2.08. The topological polar surface area (TPSA) is 127 Å². The molecule has 0 bridgehead atoms. The first-order chi connectivity index (χ1) is 12.8. The van der Waals surface area contributed by atoms with Crippen LogP contribution in [0.25, 0.3) is 0 Å². The summed E-state index contributed by atoms with van der Waals surface area (Å²) in [5, 5.41) is 11.0. The van der Waals surface area contributed by atoms with Gasteiger partial charge < -0.3 is 4.57 Å². The lowest BCUT2D eigenvalue weighted by Crippen LogP contribution is -2.31. The Hall–Kier alpha value is -2.92. The van der Waals surface area contributed by atoms with Gasteiger partial charge in [-0.05, 0) is 25.0 Å². The van der Waals surface area contributed by atoms with E-state index in [4.69, 9.17) is 0 Å². The summed E-state index contributed by atoms with van der Waals surface area (Å²) in [4.78, 5) is 22.9. The van der Waals surface area contributed by atoms with Crippen molar-refractivity contribution in [2.75, 3.05) is 18.5 Å². The summed E-state index contributed by atoms with van der Waals surface area (Å²) in [5.41, 5.74) is 4.91. The van der Waals surface area contributed by atoms with Gasteiger partial charge in [-0.3, -0.25) is 25.8 Å². The van der Waals surface area contributed by atoms with Crippen molar-refractivity contribution in [3.8, 4) is 0 Å². The Bertz CT molecular complexity index is 979. The first-order valence-corrected chi connectivity index (χ1v) is 9.71. The Morgan fingerprint density at radius 1 is 1.22 bits per heavy atom. The van der Waals surface area contributed by atoms with Crippen LogP contribution in [0.15, 0.2) is 41.4 Å². The lowest BCUT2D eigenvalue weighted by atomic mass is 10.3. The lowest BCUT2D eigenvalue weighted by Gasteiger charge is -2.13. The van der Waals surface area contributed by atoms with Crippen LogP contribution in [0.4, 0.5) is 11.4 Å². The first kappa shape index (κ1) is 18.9. The molecule has 2 aromatic rings. The molecule has 11 heteroatoms. The largest absolute Gasteiger partial charge is 0.345 e. The van der Waals surface area contributed by atoms with Gasteiger partial charge in [0.1, 0.15) is 16.3 Å². The minimum absolute atomic E-state index is 0.0442. The van der Waals surface area contributed by atoms with E-state index in [2.05, 4.69) is 10.9 Å². The SMILES string of the molecule is Cn1cc(S(=O)(=O)N2CCCC2)cc1C(=O)NNc1ccccc1[N+](=O)[O-]. The predicted octanol–water partition coefficient (Wildman–Crippen LogP) is 1.47. The molecular formula is C16H19N5O5S. The van der Waals surface area contributed by atoms with E-state index < -0.39 is 20.9 Å². The third-order valence-corrected chi connectivity index (χ3v) is 6.19. The van der Waals surface area contributed by atoms with Gasteiger partial charge >= 0.3 is 0 Å². The zero-order valence-electron chi connectivity index (χ0n) is 14.6. The molecular weight excluding hydrogens is 374 g/mol. The number of hydrogen-bond donors (Lipinski definition) is 2. The molecule has 1 saturated heterocycles. The molecule has 10 nitrogen and oxygen atoms in total. The van der Waals surface area contributed by atoms with Gasteiger partial charge in [-0.1, -0.05) is 12.1 Å². The van der Waals surface area contributed by atoms with Crippen LogP contribution in [0.3, 0.4) is 0 Å². The number of hydrogen-bond acceptors (Lipinski definition) is 6. The second-order valence-electron chi connectivity index (χ2n) is 6.14. The van der Waals surface area contributed by atoms with Crippen molar-refractivity contribution in [1.82, 2.24) is 14.3 Å². The van der Waals surface area contributed by atoms with Crippen molar-refractivity contribution in [3.63, 3.8) is 0 Å². The fraction of sp³-hybridized carbons (Fsp3) is 0.312. The number of anilines is 1. The highest BCUT2D eigenvalue weighted by molar-refractivity contribution is 7.89. The van der Waals surface area contributed by atoms with Crippen LogP contribution in [0.1, 0.15) is 23.3 Å². The summed E-state index contributed by atoms with van der Waals surface area (Å²) in [6, 6.07) is 7.15. The van der Waals surface area contributed by atoms with E-state index in [0.29, 0.717) is 13.1 Å². The van der Waals surface area contributed by atoms with Crippen molar-refractivity contribution < 1.29 is 18.1 Å². The second-order valence-corrected chi connectivity index (χ2v) is 8.07. The molecule has 2 heterocycles. The summed E-state index contributed by atoms with van der Waals surface area (Å²) >= 11 is 0. The maximum atomic E-state index is 12.6. The molecule has 1 aromatic heterocycles. The van der Waals surface area contributed by atoms with E-state index >= 15 is 0 Å². The van der Waals surface area contributed by atoms with Gasteiger partial charge in [-0.2, -0.15) is 4.31 Å². The monoisotopic (exact) mass is 393 g/mol. The molecule has 27 heavy (non-hydrogen) atoms. The molecule has 0 atom stereocenters. The molecule has 0 aliphatic carbocycles. The number of aryl methyl sites for hydroxylation is 1. The number of para-hydroxylation sites is 2. The van der Waals surface area contributed by atoms with E-state index in [1.54, 1.807) is 13.1 Å². The summed E-state index contributed by atoms with van der Waals surface area (Å²) in [6.45, 7) is 0.940. The molecule has 0 spiro atoms. The molecule has 2 N–H and O–H groups in total. The van der Waals surface area contributed by atoms with Gasteiger partial charge in [-0.25, -0.2) is 8.42 Å². The molecule has 1 amide bonds. The fourth-order valence-electron chi connectivity index (χ4n) is 2.91. The normalized spacial score (nSPS) is 14.9. The van der Waals surface area contributed by atoms with Crippen LogP contribution in [-0.4, -0.2) is 41.2 Å². The molecule has 0 unspecified atom stereocenters. The highest BCUT2D eigenvalue weighted by Crippen LogP contribution is 2.24. The van der Waals surface area contributed by atoms with Crippen molar-refractivity contribution in [3.05, 3.63) is 52.3 Å². The third kappa shape index (κ3) is 3.78. The number of nitro groups is 1. The number of carbonyl (C=O) groups is 1. The Balaban J connectivity index is 1.77. The fourth-order valence-corrected chi connectivity index (χ4v) is 4.49. The van der Waals surface area contributed by atoms with Crippen LogP contribution in [0, 0.1) is 10.1 Å². The number of hydrazine groups is 1. The number of benzene rings is 1. The minimum Gasteiger partial charge on any atom is -0.345 e. The Morgan fingerprint density at radius 3 is 2.56 bits per heavy atom. The molecule has 0 saturated carbocycles. The smallest absolute Gasteiger partial charge is 0.294 e. The van der Waals surface area contributed by atoms with Crippen LogP contribution in [0.5, 0.6) is 0 Å². The summed E-state index contributed by atoms with van der Waals surface area (Å²) < 4.78 is 28.0. The van der Waals surface area contributed by atoms with Crippen molar-refractivity contribution in [1.29, 1.82) is 0 Å². The summed E-state index contributed by atoms with van der Waals surface area (Å²) in [5.74, 6) is -0.612. The lowest BCUT2D eigenvalue weighted by molar-refractivity contribution is -0.384. The zero-order chi connectivity index (χ0) is 19.6. The van der Waals surface area contributed by atoms with Gasteiger partial charge in [0.2, 0.25) is 10.0 Å². The number of nitro benzene ring substituents is 1. The number of aromatic nitrogens is 1. The van der Waals surface area contributed by atoms with Crippen LogP contribution in [-0.2, 0) is 17.1 Å². The first-order valence-electron chi connectivity index (χ1n) is 8.27. The highest BCUT2D eigenvalue weighted by Gasteiger charge is 2.29. The predicted molar refractivity (Wildman–Crippen MR) is 97.6 cm³/mol. The number of carbonyl (C=O) groups excluding carboxylic acids is 1. The number of sulfonamides is 1. The Kier molecular flexibility index (Phi) is 5.15. The van der Waals surface area contributed by atoms with E-state index in [0.717, 1.165) is 12.8 Å². The quantitative estimate of drug-likeness (QED) is 0.565. The van der Waals surface area contributed by atoms with Crippen LogP contribution in [0.2, 0.25) is 0 Å².